The van der Waals surface area contributed by atoms with Crippen molar-refractivity contribution in [2.24, 2.45) is 4.99 Å². The molecule has 0 amide bonds. The molecule has 1 unspecified atom stereocenters. The number of benzene rings is 1. The maximum absolute atomic E-state index is 5.79. The first-order chi connectivity index (χ1) is 16.0. The zero-order chi connectivity index (χ0) is 22.7. The van der Waals surface area contributed by atoms with Crippen molar-refractivity contribution >= 4 is 33.8 Å². The highest BCUT2D eigenvalue weighted by atomic mass is 16.5. The van der Waals surface area contributed by atoms with E-state index in [0.29, 0.717) is 0 Å². The SMILES string of the molecule is COc1cc2c3c([nH]c2cc1-c1c(C)noc1C)NC(C)N=C3Nc1cnn2ccccc12. The number of ether oxygens (including phenoxy) is 1. The Bertz CT molecular complexity index is 1540. The fourth-order valence-electron chi connectivity index (χ4n) is 4.56. The second kappa shape index (κ2) is 7.13. The van der Waals surface area contributed by atoms with Crippen molar-refractivity contribution in [1.82, 2.24) is 19.8 Å². The van der Waals surface area contributed by atoms with Crippen molar-refractivity contribution in [3.8, 4) is 16.9 Å². The molecule has 1 aliphatic heterocycles. The zero-order valence-corrected chi connectivity index (χ0v) is 18.7. The van der Waals surface area contributed by atoms with Gasteiger partial charge in [0.25, 0.3) is 0 Å². The highest BCUT2D eigenvalue weighted by molar-refractivity contribution is 6.21. The fourth-order valence-corrected chi connectivity index (χ4v) is 4.56. The van der Waals surface area contributed by atoms with Crippen LogP contribution in [0.2, 0.25) is 0 Å². The largest absolute Gasteiger partial charge is 0.496 e. The molecule has 0 spiro atoms. The average molecular weight is 441 g/mol. The molecule has 5 aromatic rings. The minimum atomic E-state index is -0.0983. The Morgan fingerprint density at radius 1 is 1.18 bits per heavy atom. The van der Waals surface area contributed by atoms with Crippen molar-refractivity contribution in [3.05, 3.63) is 59.7 Å². The van der Waals surface area contributed by atoms with Gasteiger partial charge in [-0.1, -0.05) is 11.2 Å². The van der Waals surface area contributed by atoms with Gasteiger partial charge in [0.05, 0.1) is 41.3 Å². The number of pyridine rings is 1. The van der Waals surface area contributed by atoms with Crippen LogP contribution in [0.4, 0.5) is 11.5 Å². The molecular formula is C24H23N7O2. The van der Waals surface area contributed by atoms with Gasteiger partial charge in [-0.25, -0.2) is 9.51 Å². The summed E-state index contributed by atoms with van der Waals surface area (Å²) < 4.78 is 13.0. The van der Waals surface area contributed by atoms with Crippen molar-refractivity contribution in [1.29, 1.82) is 0 Å². The summed E-state index contributed by atoms with van der Waals surface area (Å²) in [4.78, 5) is 8.38. The van der Waals surface area contributed by atoms with Gasteiger partial charge in [-0.05, 0) is 45.0 Å². The summed E-state index contributed by atoms with van der Waals surface area (Å²) in [5.74, 6) is 3.18. The van der Waals surface area contributed by atoms with Crippen LogP contribution in [0.15, 0.2) is 52.2 Å². The number of anilines is 2. The molecule has 0 aliphatic carbocycles. The van der Waals surface area contributed by atoms with Crippen LogP contribution in [0.5, 0.6) is 5.75 Å². The van der Waals surface area contributed by atoms with Gasteiger partial charge in [-0.3, -0.25) is 0 Å². The lowest BCUT2D eigenvalue weighted by Gasteiger charge is -2.21. The van der Waals surface area contributed by atoms with Crippen LogP contribution in [0, 0.1) is 13.8 Å². The van der Waals surface area contributed by atoms with Crippen LogP contribution in [0.1, 0.15) is 23.9 Å². The minimum absolute atomic E-state index is 0.0983. The summed E-state index contributed by atoms with van der Waals surface area (Å²) in [6.45, 7) is 5.86. The number of aromatic amines is 1. The molecule has 4 aromatic heterocycles. The highest BCUT2D eigenvalue weighted by Crippen LogP contribution is 2.41. The van der Waals surface area contributed by atoms with Crippen molar-refractivity contribution in [2.75, 3.05) is 17.7 Å². The minimum Gasteiger partial charge on any atom is -0.496 e. The standard InChI is InChI=1S/C24H23N7O2/c1-12-21(13(2)33-30-12)16-9-17-15(10-20(16)32-4)22-23(28-17)26-14(3)27-24(22)29-18-11-25-31-8-6-5-7-19(18)31/h5-11,14,26,28H,1-4H3,(H,27,29). The molecule has 166 valence electrons. The summed E-state index contributed by atoms with van der Waals surface area (Å²) in [5.41, 5.74) is 6.50. The topological polar surface area (TPSA) is 105 Å². The third-order valence-corrected chi connectivity index (χ3v) is 6.01. The van der Waals surface area contributed by atoms with E-state index >= 15 is 0 Å². The number of nitrogens with one attached hydrogen (secondary N) is 3. The number of aryl methyl sites for hydroxylation is 2. The molecule has 33 heavy (non-hydrogen) atoms. The van der Waals surface area contributed by atoms with Crippen LogP contribution >= 0.6 is 0 Å². The number of aromatic nitrogens is 4. The summed E-state index contributed by atoms with van der Waals surface area (Å²) in [5, 5.41) is 16.5. The van der Waals surface area contributed by atoms with E-state index in [4.69, 9.17) is 14.3 Å². The second-order valence-corrected chi connectivity index (χ2v) is 8.18. The van der Waals surface area contributed by atoms with E-state index in [9.17, 15) is 0 Å². The number of fused-ring (bicyclic) bond motifs is 4. The summed E-state index contributed by atoms with van der Waals surface area (Å²) in [7, 11) is 1.68. The number of amidine groups is 1. The summed E-state index contributed by atoms with van der Waals surface area (Å²) >= 11 is 0. The molecule has 0 radical (unpaired) electrons. The van der Waals surface area contributed by atoms with Gasteiger partial charge in [0.15, 0.2) is 0 Å². The third kappa shape index (κ3) is 2.96. The number of aliphatic imine (C=N–C) groups is 1. The second-order valence-electron chi connectivity index (χ2n) is 8.18. The molecule has 9 heteroatoms. The number of rotatable bonds is 3. The lowest BCUT2D eigenvalue weighted by atomic mass is 10.00. The van der Waals surface area contributed by atoms with E-state index in [1.165, 1.54) is 0 Å². The van der Waals surface area contributed by atoms with Gasteiger partial charge in [-0.15, -0.1) is 0 Å². The quantitative estimate of drug-likeness (QED) is 0.374. The molecule has 0 saturated carbocycles. The van der Waals surface area contributed by atoms with E-state index in [0.717, 1.165) is 67.7 Å². The van der Waals surface area contributed by atoms with Crippen LogP contribution in [-0.2, 0) is 0 Å². The van der Waals surface area contributed by atoms with Gasteiger partial charge in [0.1, 0.15) is 29.3 Å². The van der Waals surface area contributed by atoms with Crippen molar-refractivity contribution < 1.29 is 9.26 Å². The molecule has 9 nitrogen and oxygen atoms in total. The zero-order valence-electron chi connectivity index (χ0n) is 18.7. The molecule has 6 rings (SSSR count). The smallest absolute Gasteiger partial charge is 0.141 e. The number of hydrogen-bond acceptors (Lipinski definition) is 7. The predicted molar refractivity (Wildman–Crippen MR) is 128 cm³/mol. The first-order valence-electron chi connectivity index (χ1n) is 10.7. The summed E-state index contributed by atoms with van der Waals surface area (Å²) in [6, 6.07) is 10.1. The number of hydrogen-bond donors (Lipinski definition) is 3. The lowest BCUT2D eigenvalue weighted by molar-refractivity contribution is 0.393. The first-order valence-corrected chi connectivity index (χ1v) is 10.7. The van der Waals surface area contributed by atoms with Gasteiger partial charge < -0.3 is 24.9 Å². The number of methoxy groups -OCH3 is 1. The Morgan fingerprint density at radius 3 is 2.85 bits per heavy atom. The van der Waals surface area contributed by atoms with E-state index in [1.807, 2.05) is 61.9 Å². The highest BCUT2D eigenvalue weighted by Gasteiger charge is 2.26. The van der Waals surface area contributed by atoms with E-state index < -0.39 is 0 Å². The maximum Gasteiger partial charge on any atom is 0.141 e. The van der Waals surface area contributed by atoms with Crippen molar-refractivity contribution in [2.45, 2.75) is 26.9 Å². The Balaban J connectivity index is 1.51. The Hall–Kier alpha value is -4.27. The molecule has 1 aliphatic rings. The van der Waals surface area contributed by atoms with E-state index in [1.54, 1.807) is 7.11 Å². The van der Waals surface area contributed by atoms with Crippen LogP contribution in [-0.4, -0.2) is 38.9 Å². The van der Waals surface area contributed by atoms with Crippen molar-refractivity contribution in [3.63, 3.8) is 0 Å². The Labute approximate surface area is 189 Å². The third-order valence-electron chi connectivity index (χ3n) is 6.01. The molecule has 0 bridgehead atoms. The molecule has 1 atom stereocenters. The van der Waals surface area contributed by atoms with Gasteiger partial charge >= 0.3 is 0 Å². The number of H-pyrrole nitrogens is 1. The molecule has 5 heterocycles. The van der Waals surface area contributed by atoms with E-state index in [2.05, 4.69) is 31.9 Å². The maximum atomic E-state index is 5.79. The molecule has 0 fully saturated rings. The molecule has 0 saturated heterocycles. The fraction of sp³-hybridized carbons (Fsp3) is 0.208. The molecular weight excluding hydrogens is 418 g/mol. The van der Waals surface area contributed by atoms with Gasteiger partial charge in [-0.2, -0.15) is 5.10 Å². The van der Waals surface area contributed by atoms with Crippen LogP contribution in [0.25, 0.3) is 27.5 Å². The first kappa shape index (κ1) is 19.4. The lowest BCUT2D eigenvalue weighted by Crippen LogP contribution is -2.27. The van der Waals surface area contributed by atoms with Crippen LogP contribution < -0.4 is 15.4 Å². The monoisotopic (exact) mass is 441 g/mol. The Kier molecular flexibility index (Phi) is 4.19. The van der Waals surface area contributed by atoms with Gasteiger partial charge in [0, 0.05) is 22.7 Å². The molecule has 1 aromatic carbocycles. The average Bonchev–Trinajstić information content (AvgIpc) is 3.47. The predicted octanol–water partition coefficient (Wildman–Crippen LogP) is 4.73. The number of nitrogens with zero attached hydrogens (tertiary/aromatic N) is 4. The summed E-state index contributed by atoms with van der Waals surface area (Å²) in [6.07, 6.45) is 3.64. The molecule has 3 N–H and O–H groups in total. The van der Waals surface area contributed by atoms with Gasteiger partial charge in [0.2, 0.25) is 0 Å². The Morgan fingerprint density at radius 2 is 2.06 bits per heavy atom. The normalized spacial score (nSPS) is 15.4. The van der Waals surface area contributed by atoms with E-state index in [-0.39, 0.29) is 6.17 Å². The van der Waals surface area contributed by atoms with Crippen LogP contribution in [0.3, 0.4) is 0 Å².